The van der Waals surface area contributed by atoms with E-state index in [-0.39, 0.29) is 42.7 Å². The molecule has 9 heteroatoms. The summed E-state index contributed by atoms with van der Waals surface area (Å²) in [5, 5.41) is 4.44. The summed E-state index contributed by atoms with van der Waals surface area (Å²) in [4.78, 5) is 26.6. The third-order valence-corrected chi connectivity index (χ3v) is 7.27. The number of furan rings is 1. The Morgan fingerprint density at radius 2 is 1.68 bits per heavy atom. The maximum Gasteiger partial charge on any atom is 0.287 e. The standard InChI is InChI=1S/C22H23N3O5S/c1-16(23-21(26)20-7-4-14-30-20)22(27)24-10-12-25(13-11-24)31(28,29)19-9-8-17-5-2-3-6-18(17)15-19/h2-9,14-16H,10-13H2,1H3,(H,23,26)/t16-/m1/s1. The van der Waals surface area contributed by atoms with Crippen molar-refractivity contribution in [2.24, 2.45) is 0 Å². The molecule has 1 aliphatic rings. The van der Waals surface area contributed by atoms with E-state index < -0.39 is 22.0 Å². The number of piperazine rings is 1. The zero-order valence-electron chi connectivity index (χ0n) is 17.0. The lowest BCUT2D eigenvalue weighted by atomic mass is 10.1. The van der Waals surface area contributed by atoms with E-state index in [1.54, 1.807) is 36.1 Å². The quantitative estimate of drug-likeness (QED) is 0.654. The molecule has 4 rings (SSSR count). The van der Waals surface area contributed by atoms with Crippen LogP contribution >= 0.6 is 0 Å². The highest BCUT2D eigenvalue weighted by molar-refractivity contribution is 7.89. The van der Waals surface area contributed by atoms with Crippen molar-refractivity contribution in [3.05, 3.63) is 66.6 Å². The van der Waals surface area contributed by atoms with Crippen LogP contribution in [0.3, 0.4) is 0 Å². The van der Waals surface area contributed by atoms with Gasteiger partial charge in [0, 0.05) is 26.2 Å². The van der Waals surface area contributed by atoms with Crippen molar-refractivity contribution in [2.75, 3.05) is 26.2 Å². The molecule has 1 saturated heterocycles. The van der Waals surface area contributed by atoms with E-state index in [4.69, 9.17) is 4.42 Å². The van der Waals surface area contributed by atoms with Crippen molar-refractivity contribution < 1.29 is 22.4 Å². The monoisotopic (exact) mass is 441 g/mol. The lowest BCUT2D eigenvalue weighted by Crippen LogP contribution is -2.55. The van der Waals surface area contributed by atoms with Crippen molar-refractivity contribution in [1.82, 2.24) is 14.5 Å². The summed E-state index contributed by atoms with van der Waals surface area (Å²) in [5.74, 6) is -0.600. The molecular weight excluding hydrogens is 418 g/mol. The summed E-state index contributed by atoms with van der Waals surface area (Å²) in [5.41, 5.74) is 0. The number of hydrogen-bond donors (Lipinski definition) is 1. The maximum absolute atomic E-state index is 13.1. The second-order valence-corrected chi connectivity index (χ2v) is 9.35. The van der Waals surface area contributed by atoms with Gasteiger partial charge in [0.1, 0.15) is 6.04 Å². The molecule has 162 valence electrons. The van der Waals surface area contributed by atoms with Crippen molar-refractivity contribution >= 4 is 32.6 Å². The summed E-state index contributed by atoms with van der Waals surface area (Å²) in [6.07, 6.45) is 1.39. The van der Waals surface area contributed by atoms with E-state index in [9.17, 15) is 18.0 Å². The maximum atomic E-state index is 13.1. The van der Waals surface area contributed by atoms with E-state index in [2.05, 4.69) is 5.32 Å². The number of carbonyl (C=O) groups is 2. The molecule has 31 heavy (non-hydrogen) atoms. The smallest absolute Gasteiger partial charge is 0.287 e. The summed E-state index contributed by atoms with van der Waals surface area (Å²) < 4.78 is 32.6. The molecule has 1 atom stereocenters. The van der Waals surface area contributed by atoms with Gasteiger partial charge in [0.2, 0.25) is 15.9 Å². The van der Waals surface area contributed by atoms with Crippen LogP contribution in [0, 0.1) is 0 Å². The first kappa shape index (κ1) is 21.1. The van der Waals surface area contributed by atoms with Crippen LogP contribution in [-0.4, -0.2) is 61.7 Å². The number of hydrogen-bond acceptors (Lipinski definition) is 5. The number of carbonyl (C=O) groups excluding carboxylic acids is 2. The Balaban J connectivity index is 1.39. The minimum Gasteiger partial charge on any atom is -0.459 e. The van der Waals surface area contributed by atoms with Crippen LogP contribution in [0.15, 0.2) is 70.2 Å². The molecule has 3 aromatic rings. The second kappa shape index (κ2) is 8.52. The highest BCUT2D eigenvalue weighted by Crippen LogP contribution is 2.23. The van der Waals surface area contributed by atoms with Gasteiger partial charge >= 0.3 is 0 Å². The fourth-order valence-electron chi connectivity index (χ4n) is 3.64. The number of nitrogens with one attached hydrogen (secondary N) is 1. The Bertz CT molecular complexity index is 1200. The zero-order valence-corrected chi connectivity index (χ0v) is 17.8. The molecule has 0 saturated carbocycles. The van der Waals surface area contributed by atoms with Gasteiger partial charge in [0.05, 0.1) is 11.2 Å². The molecular formula is C22H23N3O5S. The SMILES string of the molecule is C[C@@H](NC(=O)c1ccco1)C(=O)N1CCN(S(=O)(=O)c2ccc3ccccc3c2)CC1. The Kier molecular flexibility index (Phi) is 5.79. The molecule has 1 fully saturated rings. The first-order valence-corrected chi connectivity index (χ1v) is 11.4. The molecule has 0 radical (unpaired) electrons. The van der Waals surface area contributed by atoms with Crippen LogP contribution < -0.4 is 5.32 Å². The average molecular weight is 442 g/mol. The lowest BCUT2D eigenvalue weighted by molar-refractivity contribution is -0.134. The Labute approximate surface area is 180 Å². The van der Waals surface area contributed by atoms with Crippen molar-refractivity contribution in [3.8, 4) is 0 Å². The van der Waals surface area contributed by atoms with Gasteiger partial charge in [-0.3, -0.25) is 9.59 Å². The zero-order chi connectivity index (χ0) is 22.0. The van der Waals surface area contributed by atoms with E-state index in [0.29, 0.717) is 0 Å². The number of fused-ring (bicyclic) bond motifs is 1. The summed E-state index contributed by atoms with van der Waals surface area (Å²) in [6.45, 7) is 2.50. The molecule has 1 aliphatic heterocycles. The van der Waals surface area contributed by atoms with Gasteiger partial charge in [-0.15, -0.1) is 0 Å². The number of nitrogens with zero attached hydrogens (tertiary/aromatic N) is 2. The molecule has 0 spiro atoms. The molecule has 2 heterocycles. The van der Waals surface area contributed by atoms with Gasteiger partial charge in [0.25, 0.3) is 5.91 Å². The second-order valence-electron chi connectivity index (χ2n) is 7.41. The highest BCUT2D eigenvalue weighted by Gasteiger charge is 2.32. The fraction of sp³-hybridized carbons (Fsp3) is 0.273. The van der Waals surface area contributed by atoms with Crippen molar-refractivity contribution in [2.45, 2.75) is 17.9 Å². The van der Waals surface area contributed by atoms with Crippen LogP contribution in [0.4, 0.5) is 0 Å². The van der Waals surface area contributed by atoms with E-state index in [0.717, 1.165) is 10.8 Å². The Hall–Kier alpha value is -3.17. The first-order valence-electron chi connectivity index (χ1n) is 9.98. The third-order valence-electron chi connectivity index (χ3n) is 5.37. The number of benzene rings is 2. The van der Waals surface area contributed by atoms with Gasteiger partial charge in [-0.05, 0) is 42.0 Å². The average Bonchev–Trinajstić information content (AvgIpc) is 3.33. The minimum absolute atomic E-state index is 0.131. The first-order chi connectivity index (χ1) is 14.9. The van der Waals surface area contributed by atoms with Crippen molar-refractivity contribution in [3.63, 3.8) is 0 Å². The topological polar surface area (TPSA) is 99.9 Å². The Morgan fingerprint density at radius 3 is 2.35 bits per heavy atom. The number of rotatable bonds is 5. The molecule has 2 amide bonds. The molecule has 0 unspecified atom stereocenters. The summed E-state index contributed by atoms with van der Waals surface area (Å²) >= 11 is 0. The van der Waals surface area contributed by atoms with Gasteiger partial charge in [-0.25, -0.2) is 8.42 Å². The highest BCUT2D eigenvalue weighted by atomic mass is 32.2. The van der Waals surface area contributed by atoms with Gasteiger partial charge in [-0.2, -0.15) is 4.31 Å². The molecule has 0 aliphatic carbocycles. The van der Waals surface area contributed by atoms with E-state index >= 15 is 0 Å². The summed E-state index contributed by atoms with van der Waals surface area (Å²) in [6, 6.07) is 15.0. The van der Waals surface area contributed by atoms with E-state index in [1.807, 2.05) is 24.3 Å². The molecule has 8 nitrogen and oxygen atoms in total. The third kappa shape index (κ3) is 4.33. The molecule has 1 N–H and O–H groups in total. The predicted octanol–water partition coefficient (Wildman–Crippen LogP) is 2.08. The minimum atomic E-state index is -3.66. The van der Waals surface area contributed by atoms with Gasteiger partial charge in [0.15, 0.2) is 5.76 Å². The van der Waals surface area contributed by atoms with Gasteiger partial charge < -0.3 is 14.6 Å². The number of sulfonamides is 1. The molecule has 2 aromatic carbocycles. The molecule has 0 bridgehead atoms. The normalized spacial score (nSPS) is 16.2. The van der Waals surface area contributed by atoms with Crippen molar-refractivity contribution in [1.29, 1.82) is 0 Å². The lowest BCUT2D eigenvalue weighted by Gasteiger charge is -2.35. The van der Waals surface area contributed by atoms with Gasteiger partial charge in [-0.1, -0.05) is 30.3 Å². The van der Waals surface area contributed by atoms with Crippen LogP contribution in [0.1, 0.15) is 17.5 Å². The van der Waals surface area contributed by atoms with Crippen LogP contribution in [0.5, 0.6) is 0 Å². The molecule has 1 aromatic heterocycles. The van der Waals surface area contributed by atoms with E-state index in [1.165, 1.54) is 16.6 Å². The largest absolute Gasteiger partial charge is 0.459 e. The summed E-state index contributed by atoms with van der Waals surface area (Å²) in [7, 11) is -3.66. The fourth-order valence-corrected chi connectivity index (χ4v) is 5.09. The number of amides is 2. The van der Waals surface area contributed by atoms with Crippen LogP contribution in [0.2, 0.25) is 0 Å². The van der Waals surface area contributed by atoms with Crippen LogP contribution in [0.25, 0.3) is 10.8 Å². The van der Waals surface area contributed by atoms with Crippen LogP contribution in [-0.2, 0) is 14.8 Å². The predicted molar refractivity (Wildman–Crippen MR) is 115 cm³/mol. The Morgan fingerprint density at radius 1 is 0.968 bits per heavy atom.